The van der Waals surface area contributed by atoms with Crippen LogP contribution in [-0.4, -0.2) is 22.1 Å². The number of carbonyl (C=O) groups is 1. The van der Waals surface area contributed by atoms with Crippen molar-refractivity contribution in [1.29, 1.82) is 0 Å². The summed E-state index contributed by atoms with van der Waals surface area (Å²) in [7, 11) is 0. The Bertz CT molecular complexity index is 858. The van der Waals surface area contributed by atoms with Gasteiger partial charge in [-0.05, 0) is 44.0 Å². The maximum absolute atomic E-state index is 11.4. The highest BCUT2D eigenvalue weighted by Crippen LogP contribution is 2.21. The average molecular weight is 351 g/mol. The molecule has 1 heterocycles. The fraction of sp³-hybridized carbons (Fsp3) is 0.333. The van der Waals surface area contributed by atoms with Gasteiger partial charge in [0, 0.05) is 13.5 Å². The van der Waals surface area contributed by atoms with Crippen molar-refractivity contribution in [3.63, 3.8) is 0 Å². The van der Waals surface area contributed by atoms with Crippen LogP contribution in [0.2, 0.25) is 0 Å². The Morgan fingerprint density at radius 2 is 1.85 bits per heavy atom. The van der Waals surface area contributed by atoms with E-state index < -0.39 is 0 Å². The molecular formula is C21H25N3O2. The molecule has 0 radical (unpaired) electrons. The predicted molar refractivity (Wildman–Crippen MR) is 103 cm³/mol. The number of fused-ring (bicyclic) bond motifs is 1. The van der Waals surface area contributed by atoms with E-state index in [-0.39, 0.29) is 11.9 Å². The van der Waals surface area contributed by atoms with Gasteiger partial charge in [-0.3, -0.25) is 4.79 Å². The van der Waals surface area contributed by atoms with Gasteiger partial charge in [0.25, 0.3) is 0 Å². The lowest BCUT2D eigenvalue weighted by atomic mass is 10.2. The Morgan fingerprint density at radius 3 is 2.62 bits per heavy atom. The largest absolute Gasteiger partial charge is 0.494 e. The predicted octanol–water partition coefficient (Wildman–Crippen LogP) is 4.09. The second-order valence-electron chi connectivity index (χ2n) is 6.40. The number of benzene rings is 2. The minimum atomic E-state index is -0.125. The second kappa shape index (κ2) is 8.52. The first kappa shape index (κ1) is 18.0. The number of amides is 1. The summed E-state index contributed by atoms with van der Waals surface area (Å²) >= 11 is 0. The van der Waals surface area contributed by atoms with Gasteiger partial charge in [0.1, 0.15) is 11.6 Å². The molecule has 3 rings (SSSR count). The molecule has 1 N–H and O–H groups in total. The van der Waals surface area contributed by atoms with Crippen molar-refractivity contribution in [3.8, 4) is 5.75 Å². The number of para-hydroxylation sites is 3. The molecule has 1 atom stereocenters. The molecule has 5 heteroatoms. The number of carbonyl (C=O) groups excluding carboxylic acids is 1. The van der Waals surface area contributed by atoms with Gasteiger partial charge in [-0.15, -0.1) is 0 Å². The van der Waals surface area contributed by atoms with Crippen molar-refractivity contribution in [2.75, 3.05) is 6.61 Å². The lowest BCUT2D eigenvalue weighted by Gasteiger charge is -2.15. The summed E-state index contributed by atoms with van der Waals surface area (Å²) in [5.41, 5.74) is 2.06. The number of rotatable bonds is 8. The smallest absolute Gasteiger partial charge is 0.217 e. The normalized spacial score (nSPS) is 12.1. The summed E-state index contributed by atoms with van der Waals surface area (Å²) < 4.78 is 7.97. The standard InChI is InChI=1S/C21H25N3O2/c1-16(22-17(2)25)21-23-19-12-6-7-13-20(19)24(21)14-8-9-15-26-18-10-4-3-5-11-18/h3-7,10-13,16H,8-9,14-15H2,1-2H3,(H,22,25). The Hall–Kier alpha value is -2.82. The second-order valence-corrected chi connectivity index (χ2v) is 6.40. The zero-order valence-corrected chi connectivity index (χ0v) is 15.3. The maximum Gasteiger partial charge on any atom is 0.217 e. The first-order valence-corrected chi connectivity index (χ1v) is 9.05. The van der Waals surface area contributed by atoms with E-state index in [0.29, 0.717) is 6.61 Å². The monoisotopic (exact) mass is 351 g/mol. The van der Waals surface area contributed by atoms with E-state index in [0.717, 1.165) is 42.0 Å². The summed E-state index contributed by atoms with van der Waals surface area (Å²) in [6.07, 6.45) is 1.93. The molecule has 0 fully saturated rings. The molecule has 0 saturated carbocycles. The molecular weight excluding hydrogens is 326 g/mol. The molecule has 136 valence electrons. The van der Waals surface area contributed by atoms with E-state index in [1.54, 1.807) is 0 Å². The van der Waals surface area contributed by atoms with E-state index in [9.17, 15) is 4.79 Å². The minimum Gasteiger partial charge on any atom is -0.494 e. The maximum atomic E-state index is 11.4. The van der Waals surface area contributed by atoms with Gasteiger partial charge >= 0.3 is 0 Å². The Balaban J connectivity index is 1.65. The molecule has 1 aromatic heterocycles. The fourth-order valence-electron chi connectivity index (χ4n) is 3.11. The molecule has 0 aliphatic heterocycles. The van der Waals surface area contributed by atoms with E-state index in [2.05, 4.69) is 16.0 Å². The summed E-state index contributed by atoms with van der Waals surface area (Å²) in [6.45, 7) is 5.03. The Labute approximate surface area is 154 Å². The van der Waals surface area contributed by atoms with Crippen molar-refractivity contribution in [3.05, 3.63) is 60.4 Å². The molecule has 0 aliphatic carbocycles. The number of hydrogen-bond acceptors (Lipinski definition) is 3. The van der Waals surface area contributed by atoms with E-state index in [4.69, 9.17) is 9.72 Å². The molecule has 0 aliphatic rings. The number of hydrogen-bond donors (Lipinski definition) is 1. The number of aryl methyl sites for hydroxylation is 1. The SMILES string of the molecule is CC(=O)NC(C)c1nc2ccccc2n1CCCCOc1ccccc1. The summed E-state index contributed by atoms with van der Waals surface area (Å²) in [4.78, 5) is 16.2. The van der Waals surface area contributed by atoms with E-state index in [1.165, 1.54) is 6.92 Å². The van der Waals surface area contributed by atoms with Gasteiger partial charge in [0.15, 0.2) is 0 Å². The van der Waals surface area contributed by atoms with Crippen LogP contribution >= 0.6 is 0 Å². The molecule has 3 aromatic rings. The van der Waals surface area contributed by atoms with Crippen molar-refractivity contribution < 1.29 is 9.53 Å². The first-order chi connectivity index (χ1) is 12.6. The molecule has 1 unspecified atom stereocenters. The Kier molecular flexibility index (Phi) is 5.89. The van der Waals surface area contributed by atoms with Crippen LogP contribution in [0.4, 0.5) is 0 Å². The number of ether oxygens (including phenoxy) is 1. The van der Waals surface area contributed by atoms with E-state index >= 15 is 0 Å². The molecule has 5 nitrogen and oxygen atoms in total. The van der Waals surface area contributed by atoms with Crippen LogP contribution in [0.25, 0.3) is 11.0 Å². The molecule has 0 spiro atoms. The molecule has 1 amide bonds. The van der Waals surface area contributed by atoms with Crippen LogP contribution < -0.4 is 10.1 Å². The molecule has 2 aromatic carbocycles. The number of nitrogens with one attached hydrogen (secondary N) is 1. The van der Waals surface area contributed by atoms with Gasteiger partial charge in [-0.25, -0.2) is 4.98 Å². The third kappa shape index (κ3) is 4.42. The molecule has 26 heavy (non-hydrogen) atoms. The van der Waals surface area contributed by atoms with Crippen molar-refractivity contribution in [2.45, 2.75) is 39.3 Å². The zero-order chi connectivity index (χ0) is 18.4. The van der Waals surface area contributed by atoms with E-state index in [1.807, 2.05) is 55.5 Å². The number of unbranched alkanes of at least 4 members (excludes halogenated alkanes) is 1. The fourth-order valence-corrected chi connectivity index (χ4v) is 3.11. The number of nitrogens with zero attached hydrogens (tertiary/aromatic N) is 2. The highest BCUT2D eigenvalue weighted by Gasteiger charge is 2.16. The van der Waals surface area contributed by atoms with Crippen molar-refractivity contribution in [1.82, 2.24) is 14.9 Å². The van der Waals surface area contributed by atoms with Crippen LogP contribution in [0.1, 0.15) is 38.6 Å². The van der Waals surface area contributed by atoms with Crippen molar-refractivity contribution in [2.24, 2.45) is 0 Å². The van der Waals surface area contributed by atoms with Gasteiger partial charge in [-0.2, -0.15) is 0 Å². The van der Waals surface area contributed by atoms with Gasteiger partial charge in [0.2, 0.25) is 5.91 Å². The van der Waals surface area contributed by atoms with Crippen LogP contribution in [0.3, 0.4) is 0 Å². The minimum absolute atomic E-state index is 0.0487. The third-order valence-electron chi connectivity index (χ3n) is 4.28. The van der Waals surface area contributed by atoms with Crippen molar-refractivity contribution >= 4 is 16.9 Å². The average Bonchev–Trinajstić information content (AvgIpc) is 3.01. The summed E-state index contributed by atoms with van der Waals surface area (Å²) in [6, 6.07) is 17.8. The van der Waals surface area contributed by atoms with Gasteiger partial charge < -0.3 is 14.6 Å². The van der Waals surface area contributed by atoms with Gasteiger partial charge in [0.05, 0.1) is 23.7 Å². The third-order valence-corrected chi connectivity index (χ3v) is 4.28. The topological polar surface area (TPSA) is 56.2 Å². The summed E-state index contributed by atoms with van der Waals surface area (Å²) in [5, 5.41) is 2.94. The van der Waals surface area contributed by atoms with Crippen LogP contribution in [0.15, 0.2) is 54.6 Å². The molecule has 0 bridgehead atoms. The summed E-state index contributed by atoms with van der Waals surface area (Å²) in [5.74, 6) is 1.75. The van der Waals surface area contributed by atoms with Crippen LogP contribution in [0.5, 0.6) is 5.75 Å². The quantitative estimate of drug-likeness (QED) is 0.622. The molecule has 0 saturated heterocycles. The highest BCUT2D eigenvalue weighted by atomic mass is 16.5. The van der Waals surface area contributed by atoms with Crippen LogP contribution in [-0.2, 0) is 11.3 Å². The highest BCUT2D eigenvalue weighted by molar-refractivity contribution is 5.77. The number of imidazole rings is 1. The zero-order valence-electron chi connectivity index (χ0n) is 15.3. The lowest BCUT2D eigenvalue weighted by Crippen LogP contribution is -2.26. The van der Waals surface area contributed by atoms with Gasteiger partial charge in [-0.1, -0.05) is 30.3 Å². The lowest BCUT2D eigenvalue weighted by molar-refractivity contribution is -0.119. The first-order valence-electron chi connectivity index (χ1n) is 9.05. The number of aromatic nitrogens is 2. The Morgan fingerprint density at radius 1 is 1.12 bits per heavy atom. The van der Waals surface area contributed by atoms with Crippen LogP contribution in [0, 0.1) is 0 Å².